The number of aryl methyl sites for hydroxylation is 1. The van der Waals surface area contributed by atoms with Gasteiger partial charge in [0.25, 0.3) is 5.13 Å². The minimum atomic E-state index is 0. The zero-order valence-electron chi connectivity index (χ0n) is 19.4. The number of rotatable bonds is 8. The standard InChI is InChI=1S/C29H26N3OS.ClH/c1-2-22-13-17-25(18-14-22)30-29-31-32(26-11-7-4-8-12-26)28(34-29)24-15-19-27(20-16-24)33-21-23-9-5-3-6-10-23;/h3-20H,2,21H2,1H3,(H,30,31);1H/q+1;/p-1. The van der Waals surface area contributed by atoms with Gasteiger partial charge in [-0.3, -0.25) is 0 Å². The highest BCUT2D eigenvalue weighted by Crippen LogP contribution is 2.30. The molecule has 176 valence electrons. The van der Waals surface area contributed by atoms with Crippen molar-refractivity contribution < 1.29 is 21.8 Å². The fraction of sp³-hybridized carbons (Fsp3) is 0.103. The third-order valence-electron chi connectivity index (χ3n) is 5.54. The number of anilines is 2. The van der Waals surface area contributed by atoms with Gasteiger partial charge in [-0.15, -0.1) is 0 Å². The number of halogens is 1. The lowest BCUT2D eigenvalue weighted by molar-refractivity contribution is -0.642. The van der Waals surface area contributed by atoms with Crippen LogP contribution in [0.5, 0.6) is 5.75 Å². The predicted molar refractivity (Wildman–Crippen MR) is 139 cm³/mol. The summed E-state index contributed by atoms with van der Waals surface area (Å²) >= 11 is 1.63. The molecule has 0 fully saturated rings. The van der Waals surface area contributed by atoms with E-state index in [0.29, 0.717) is 6.61 Å². The number of nitrogens with zero attached hydrogens (tertiary/aromatic N) is 2. The van der Waals surface area contributed by atoms with Crippen molar-refractivity contribution in [2.75, 3.05) is 5.32 Å². The summed E-state index contributed by atoms with van der Waals surface area (Å²) in [7, 11) is 0. The Morgan fingerprint density at radius 1 is 0.771 bits per heavy atom. The molecule has 0 spiro atoms. The van der Waals surface area contributed by atoms with Crippen LogP contribution >= 0.6 is 11.3 Å². The van der Waals surface area contributed by atoms with E-state index >= 15 is 0 Å². The lowest BCUT2D eigenvalue weighted by Gasteiger charge is -2.06. The van der Waals surface area contributed by atoms with E-state index in [-0.39, 0.29) is 12.4 Å². The Labute approximate surface area is 216 Å². The Kier molecular flexibility index (Phi) is 8.14. The second kappa shape index (κ2) is 11.6. The fourth-order valence-electron chi connectivity index (χ4n) is 3.65. The molecule has 0 unspecified atom stereocenters. The highest BCUT2D eigenvalue weighted by atomic mass is 35.5. The monoisotopic (exact) mass is 499 g/mol. The van der Waals surface area contributed by atoms with Gasteiger partial charge in [-0.2, -0.15) is 0 Å². The summed E-state index contributed by atoms with van der Waals surface area (Å²) in [6, 6.07) is 37.1. The van der Waals surface area contributed by atoms with Gasteiger partial charge in [0.1, 0.15) is 12.4 Å². The summed E-state index contributed by atoms with van der Waals surface area (Å²) in [5.41, 5.74) is 5.61. The maximum atomic E-state index is 5.97. The molecule has 0 radical (unpaired) electrons. The molecule has 0 amide bonds. The van der Waals surface area contributed by atoms with Crippen LogP contribution in [0.2, 0.25) is 0 Å². The van der Waals surface area contributed by atoms with Crippen LogP contribution in [0.25, 0.3) is 16.3 Å². The molecule has 1 N–H and O–H groups in total. The van der Waals surface area contributed by atoms with Gasteiger partial charge in [0.2, 0.25) is 5.69 Å². The van der Waals surface area contributed by atoms with Gasteiger partial charge in [0, 0.05) is 22.9 Å². The third kappa shape index (κ3) is 6.07. The maximum absolute atomic E-state index is 5.97. The number of hydrogen-bond acceptors (Lipinski definition) is 4. The fourth-order valence-corrected chi connectivity index (χ4v) is 4.61. The highest BCUT2D eigenvalue weighted by molar-refractivity contribution is 7.18. The number of hydrogen-bond donors (Lipinski definition) is 1. The molecule has 0 aliphatic carbocycles. The molecule has 0 aliphatic rings. The van der Waals surface area contributed by atoms with Crippen LogP contribution in [0.3, 0.4) is 0 Å². The number of nitrogens with one attached hydrogen (secondary N) is 1. The Balaban J connectivity index is 0.00000289. The molecule has 0 saturated carbocycles. The number of aromatic nitrogens is 2. The summed E-state index contributed by atoms with van der Waals surface area (Å²) in [4.78, 5) is 0. The summed E-state index contributed by atoms with van der Waals surface area (Å²) in [5, 5.41) is 10.2. The molecular weight excluding hydrogens is 474 g/mol. The molecule has 6 heteroatoms. The van der Waals surface area contributed by atoms with Crippen LogP contribution in [0.4, 0.5) is 10.8 Å². The van der Waals surface area contributed by atoms with Crippen molar-refractivity contribution in [3.8, 4) is 22.0 Å². The maximum Gasteiger partial charge on any atom is 0.304 e. The topological polar surface area (TPSA) is 38.0 Å². The molecule has 0 bridgehead atoms. The normalized spacial score (nSPS) is 10.4. The molecular formula is C29H26ClN3OS. The van der Waals surface area contributed by atoms with Crippen molar-refractivity contribution in [2.24, 2.45) is 0 Å². The van der Waals surface area contributed by atoms with Gasteiger partial charge in [-0.1, -0.05) is 67.6 Å². The van der Waals surface area contributed by atoms with Crippen molar-refractivity contribution in [3.05, 3.63) is 120 Å². The summed E-state index contributed by atoms with van der Waals surface area (Å²) in [6.45, 7) is 2.71. The number of ether oxygens (including phenoxy) is 1. The minimum Gasteiger partial charge on any atom is -1.00 e. The third-order valence-corrected chi connectivity index (χ3v) is 6.52. The Hall–Kier alpha value is -3.67. The van der Waals surface area contributed by atoms with Crippen LogP contribution in [-0.2, 0) is 13.0 Å². The van der Waals surface area contributed by atoms with Gasteiger partial charge in [0.05, 0.1) is 5.56 Å². The Bertz CT molecular complexity index is 1340. The van der Waals surface area contributed by atoms with E-state index in [1.807, 2.05) is 53.2 Å². The van der Waals surface area contributed by atoms with Crippen LogP contribution < -0.4 is 27.1 Å². The van der Waals surface area contributed by atoms with E-state index in [1.165, 1.54) is 5.56 Å². The molecule has 0 saturated heterocycles. The van der Waals surface area contributed by atoms with Crippen molar-refractivity contribution >= 4 is 22.2 Å². The van der Waals surface area contributed by atoms with Crippen LogP contribution in [0, 0.1) is 0 Å². The first-order chi connectivity index (χ1) is 16.8. The van der Waals surface area contributed by atoms with Gasteiger partial charge in [0.15, 0.2) is 0 Å². The van der Waals surface area contributed by atoms with Crippen LogP contribution in [-0.4, -0.2) is 5.10 Å². The second-order valence-electron chi connectivity index (χ2n) is 7.93. The van der Waals surface area contributed by atoms with E-state index < -0.39 is 0 Å². The zero-order chi connectivity index (χ0) is 23.2. The zero-order valence-corrected chi connectivity index (χ0v) is 21.0. The summed E-state index contributed by atoms with van der Waals surface area (Å²) in [5.74, 6) is 0.845. The van der Waals surface area contributed by atoms with Crippen molar-refractivity contribution in [1.82, 2.24) is 5.10 Å². The molecule has 0 atom stereocenters. The molecule has 35 heavy (non-hydrogen) atoms. The van der Waals surface area contributed by atoms with Gasteiger partial charge in [-0.25, -0.2) is 0 Å². The van der Waals surface area contributed by atoms with Crippen LogP contribution in [0.1, 0.15) is 18.1 Å². The van der Waals surface area contributed by atoms with Gasteiger partial charge in [-0.05, 0) is 70.0 Å². The molecule has 4 aromatic carbocycles. The lowest BCUT2D eigenvalue weighted by atomic mass is 10.1. The van der Waals surface area contributed by atoms with E-state index in [9.17, 15) is 0 Å². The van der Waals surface area contributed by atoms with Gasteiger partial charge < -0.3 is 22.5 Å². The molecule has 1 aromatic heterocycles. The molecule has 5 aromatic rings. The quantitative estimate of drug-likeness (QED) is 0.328. The molecule has 1 heterocycles. The smallest absolute Gasteiger partial charge is 0.304 e. The largest absolute Gasteiger partial charge is 1.00 e. The van der Waals surface area contributed by atoms with Crippen LogP contribution in [0.15, 0.2) is 109 Å². The first kappa shape index (κ1) is 24.5. The minimum absolute atomic E-state index is 0. The van der Waals surface area contributed by atoms with E-state index in [4.69, 9.17) is 9.84 Å². The lowest BCUT2D eigenvalue weighted by Crippen LogP contribution is -3.00. The predicted octanol–water partition coefficient (Wildman–Crippen LogP) is 3.98. The first-order valence-corrected chi connectivity index (χ1v) is 12.2. The molecule has 5 rings (SSSR count). The van der Waals surface area contributed by atoms with Gasteiger partial charge >= 0.3 is 5.01 Å². The number of para-hydroxylation sites is 1. The molecule has 0 aliphatic heterocycles. The Morgan fingerprint density at radius 3 is 2.09 bits per heavy atom. The van der Waals surface area contributed by atoms with Crippen molar-refractivity contribution in [2.45, 2.75) is 20.0 Å². The van der Waals surface area contributed by atoms with Crippen molar-refractivity contribution in [3.63, 3.8) is 0 Å². The SMILES string of the molecule is CCc1ccc(Nc2n[n+](-c3ccccc3)c(-c3ccc(OCc4ccccc4)cc3)s2)cc1.[Cl-]. The average molecular weight is 500 g/mol. The van der Waals surface area contributed by atoms with E-state index in [1.54, 1.807) is 11.3 Å². The van der Waals surface area contributed by atoms with E-state index in [0.717, 1.165) is 44.8 Å². The first-order valence-electron chi connectivity index (χ1n) is 11.4. The summed E-state index contributed by atoms with van der Waals surface area (Å²) in [6.07, 6.45) is 1.03. The highest BCUT2D eigenvalue weighted by Gasteiger charge is 2.24. The van der Waals surface area contributed by atoms with E-state index in [2.05, 4.69) is 72.9 Å². The summed E-state index contributed by atoms with van der Waals surface area (Å²) < 4.78 is 7.96. The Morgan fingerprint density at radius 2 is 1.43 bits per heavy atom. The van der Waals surface area contributed by atoms with Crippen molar-refractivity contribution in [1.29, 1.82) is 0 Å². The number of benzene rings is 4. The second-order valence-corrected chi connectivity index (χ2v) is 8.91. The average Bonchev–Trinajstić information content (AvgIpc) is 3.33. The molecule has 4 nitrogen and oxygen atoms in total.